The van der Waals surface area contributed by atoms with Crippen molar-refractivity contribution in [3.8, 4) is 11.1 Å². The van der Waals surface area contributed by atoms with E-state index in [2.05, 4.69) is 15.4 Å². The Morgan fingerprint density at radius 1 is 0.967 bits per heavy atom. The maximum absolute atomic E-state index is 13.1. The molecule has 0 aliphatic carbocycles. The molecule has 0 aliphatic rings. The quantitative estimate of drug-likeness (QED) is 0.488. The van der Waals surface area contributed by atoms with Gasteiger partial charge in [-0.25, -0.2) is 14.6 Å². The third kappa shape index (κ3) is 2.88. The minimum absolute atomic E-state index is 0.181. The number of carbonyl (C=O) groups is 1. The second-order valence-electron chi connectivity index (χ2n) is 6.46. The van der Waals surface area contributed by atoms with E-state index in [0.29, 0.717) is 15.9 Å². The molecule has 0 atom stereocenters. The van der Waals surface area contributed by atoms with Gasteiger partial charge in [-0.15, -0.1) is 11.3 Å². The molecule has 0 saturated heterocycles. The summed E-state index contributed by atoms with van der Waals surface area (Å²) in [4.78, 5) is 47.4. The zero-order valence-corrected chi connectivity index (χ0v) is 16.2. The number of nitrogens with zero attached hydrogens (tertiary/aromatic N) is 4. The molecule has 8 nitrogen and oxygen atoms in total. The summed E-state index contributed by atoms with van der Waals surface area (Å²) in [6.07, 6.45) is 3.96. The highest BCUT2D eigenvalue weighted by molar-refractivity contribution is 7.17. The van der Waals surface area contributed by atoms with Crippen molar-refractivity contribution < 1.29 is 4.79 Å². The van der Waals surface area contributed by atoms with Crippen LogP contribution >= 0.6 is 11.3 Å². The highest BCUT2D eigenvalue weighted by atomic mass is 32.1. The first-order valence-corrected chi connectivity index (χ1v) is 9.83. The van der Waals surface area contributed by atoms with Gasteiger partial charge in [-0.2, -0.15) is 0 Å². The van der Waals surface area contributed by atoms with Crippen LogP contribution in [0.5, 0.6) is 0 Å². The fourth-order valence-corrected chi connectivity index (χ4v) is 4.10. The van der Waals surface area contributed by atoms with Crippen molar-refractivity contribution in [2.45, 2.75) is 0 Å². The molecule has 0 radical (unpaired) electrons. The predicted octanol–water partition coefficient (Wildman–Crippen LogP) is 2.52. The van der Waals surface area contributed by atoms with Crippen molar-refractivity contribution in [3.05, 3.63) is 98.9 Å². The number of rotatable bonds is 3. The van der Waals surface area contributed by atoms with Crippen LogP contribution in [0.4, 0.5) is 0 Å². The average molecular weight is 415 g/mol. The van der Waals surface area contributed by atoms with Crippen LogP contribution < -0.4 is 16.5 Å². The van der Waals surface area contributed by atoms with Crippen LogP contribution in [0.1, 0.15) is 10.4 Å². The molecule has 5 rings (SSSR count). The van der Waals surface area contributed by atoms with Gasteiger partial charge >= 0.3 is 0 Å². The lowest BCUT2D eigenvalue weighted by Gasteiger charge is -2.08. The van der Waals surface area contributed by atoms with Gasteiger partial charge in [0.15, 0.2) is 0 Å². The second-order valence-corrected chi connectivity index (χ2v) is 7.32. The third-order valence-corrected chi connectivity index (χ3v) is 5.55. The molecule has 5 aromatic rings. The maximum Gasteiger partial charge on any atom is 0.281 e. The van der Waals surface area contributed by atoms with Crippen LogP contribution in [0.15, 0.2) is 82.2 Å². The van der Waals surface area contributed by atoms with Crippen molar-refractivity contribution in [1.82, 2.24) is 19.0 Å². The third-order valence-electron chi connectivity index (χ3n) is 4.66. The molecule has 1 amide bonds. The van der Waals surface area contributed by atoms with Crippen molar-refractivity contribution in [1.29, 1.82) is 0 Å². The van der Waals surface area contributed by atoms with Gasteiger partial charge < -0.3 is 0 Å². The molecule has 146 valence electrons. The molecule has 0 unspecified atom stereocenters. The topological polar surface area (TPSA) is 98.4 Å². The molecule has 0 spiro atoms. The van der Waals surface area contributed by atoms with Gasteiger partial charge in [0.25, 0.3) is 17.0 Å². The standard InChI is InChI=1S/C21H13N5O3S/c27-18(14-10-22-16-8-4-5-9-25(16)20(14)28)24-26-12-23-19-17(21(26)29)15(11-30-19)13-6-2-1-3-7-13/h1-12H,(H,24,27). The van der Waals surface area contributed by atoms with E-state index in [9.17, 15) is 14.4 Å². The number of benzene rings is 1. The summed E-state index contributed by atoms with van der Waals surface area (Å²) in [7, 11) is 0. The fourth-order valence-electron chi connectivity index (χ4n) is 3.19. The predicted molar refractivity (Wildman–Crippen MR) is 114 cm³/mol. The number of amides is 1. The van der Waals surface area contributed by atoms with Crippen molar-refractivity contribution >= 4 is 33.1 Å². The average Bonchev–Trinajstić information content (AvgIpc) is 3.22. The summed E-state index contributed by atoms with van der Waals surface area (Å²) >= 11 is 1.35. The largest absolute Gasteiger partial charge is 0.281 e. The van der Waals surface area contributed by atoms with Gasteiger partial charge in [0.05, 0.1) is 5.39 Å². The lowest BCUT2D eigenvalue weighted by molar-refractivity contribution is 0.100. The molecule has 30 heavy (non-hydrogen) atoms. The van der Waals surface area contributed by atoms with Crippen molar-refractivity contribution in [2.24, 2.45) is 0 Å². The zero-order valence-electron chi connectivity index (χ0n) is 15.4. The lowest BCUT2D eigenvalue weighted by atomic mass is 10.1. The fraction of sp³-hybridized carbons (Fsp3) is 0. The van der Waals surface area contributed by atoms with Crippen molar-refractivity contribution in [3.63, 3.8) is 0 Å². The minimum atomic E-state index is -0.745. The lowest BCUT2D eigenvalue weighted by Crippen LogP contribution is -2.36. The number of aromatic nitrogens is 4. The van der Waals surface area contributed by atoms with Gasteiger partial charge in [0.2, 0.25) is 0 Å². The Kier molecular flexibility index (Phi) is 4.22. The molecule has 0 bridgehead atoms. The van der Waals surface area contributed by atoms with E-state index in [4.69, 9.17) is 0 Å². The highest BCUT2D eigenvalue weighted by Gasteiger charge is 2.17. The molecule has 4 heterocycles. The van der Waals surface area contributed by atoms with E-state index in [-0.39, 0.29) is 5.56 Å². The first-order valence-electron chi connectivity index (χ1n) is 8.95. The Hall–Kier alpha value is -4.11. The molecule has 0 saturated carbocycles. The first-order chi connectivity index (χ1) is 14.6. The zero-order chi connectivity index (χ0) is 20.7. The Morgan fingerprint density at radius 2 is 1.77 bits per heavy atom. The molecule has 0 fully saturated rings. The number of pyridine rings is 1. The van der Waals surface area contributed by atoms with Crippen molar-refractivity contribution in [2.75, 3.05) is 5.43 Å². The molecule has 4 aromatic heterocycles. The summed E-state index contributed by atoms with van der Waals surface area (Å²) in [6, 6.07) is 14.5. The molecule has 9 heteroatoms. The molecule has 1 aromatic carbocycles. The Labute approximate surface area is 172 Å². The summed E-state index contributed by atoms with van der Waals surface area (Å²) in [5.74, 6) is -0.745. The number of thiophene rings is 1. The normalized spacial score (nSPS) is 11.1. The van der Waals surface area contributed by atoms with Crippen LogP contribution in [0.3, 0.4) is 0 Å². The van der Waals surface area contributed by atoms with Crippen LogP contribution in [0.2, 0.25) is 0 Å². The highest BCUT2D eigenvalue weighted by Crippen LogP contribution is 2.30. The maximum atomic E-state index is 13.1. The van der Waals surface area contributed by atoms with E-state index in [1.54, 1.807) is 18.2 Å². The SMILES string of the molecule is O=C(Nn1cnc2scc(-c3ccccc3)c2c1=O)c1cnc2ccccn2c1=O. The van der Waals surface area contributed by atoms with Gasteiger partial charge in [-0.3, -0.25) is 24.2 Å². The first kappa shape index (κ1) is 18.0. The monoisotopic (exact) mass is 415 g/mol. The number of hydrogen-bond donors (Lipinski definition) is 1. The smallest absolute Gasteiger partial charge is 0.268 e. The molecular formula is C21H13N5O3S. The van der Waals surface area contributed by atoms with E-state index in [0.717, 1.165) is 15.8 Å². The Balaban J connectivity index is 1.57. The summed E-state index contributed by atoms with van der Waals surface area (Å²) in [5.41, 5.74) is 3.35. The summed E-state index contributed by atoms with van der Waals surface area (Å²) in [6.45, 7) is 0. The van der Waals surface area contributed by atoms with Crippen LogP contribution in [-0.2, 0) is 0 Å². The Bertz CT molecular complexity index is 1540. The number of fused-ring (bicyclic) bond motifs is 2. The minimum Gasteiger partial charge on any atom is -0.268 e. The van der Waals surface area contributed by atoms with Crippen LogP contribution in [0, 0.1) is 0 Å². The van der Waals surface area contributed by atoms with E-state index < -0.39 is 17.0 Å². The van der Waals surface area contributed by atoms with E-state index in [1.807, 2.05) is 35.7 Å². The second kappa shape index (κ2) is 7.05. The van der Waals surface area contributed by atoms with E-state index >= 15 is 0 Å². The van der Waals surface area contributed by atoms with Crippen LogP contribution in [0.25, 0.3) is 27.0 Å². The van der Waals surface area contributed by atoms with Gasteiger partial charge in [-0.05, 0) is 17.7 Å². The van der Waals surface area contributed by atoms with Gasteiger partial charge in [0.1, 0.15) is 22.4 Å². The van der Waals surface area contributed by atoms with Gasteiger partial charge in [-0.1, -0.05) is 36.4 Å². The molecule has 1 N–H and O–H groups in total. The number of nitrogens with one attached hydrogen (secondary N) is 1. The van der Waals surface area contributed by atoms with Crippen LogP contribution in [-0.4, -0.2) is 25.0 Å². The number of hydrogen-bond acceptors (Lipinski definition) is 6. The summed E-state index contributed by atoms with van der Waals surface area (Å²) in [5, 5.41) is 2.27. The summed E-state index contributed by atoms with van der Waals surface area (Å²) < 4.78 is 2.26. The molecule has 0 aliphatic heterocycles. The van der Waals surface area contributed by atoms with E-state index in [1.165, 1.54) is 34.5 Å². The Morgan fingerprint density at radius 3 is 2.60 bits per heavy atom. The molecular weight excluding hydrogens is 402 g/mol. The van der Waals surface area contributed by atoms with Gasteiger partial charge in [0, 0.05) is 23.3 Å². The number of carbonyl (C=O) groups excluding carboxylic acids is 1.